The Labute approximate surface area is 139 Å². The highest BCUT2D eigenvalue weighted by molar-refractivity contribution is 7.89. The summed E-state index contributed by atoms with van der Waals surface area (Å²) in [5.41, 5.74) is 1.08. The van der Waals surface area contributed by atoms with Crippen molar-refractivity contribution >= 4 is 10.0 Å². The summed E-state index contributed by atoms with van der Waals surface area (Å²) in [7, 11) is -3.33. The molecule has 126 valence electrons. The Morgan fingerprint density at radius 1 is 1.13 bits per heavy atom. The molecule has 3 rings (SSSR count). The number of piperazine rings is 1. The number of hydrogen-bond donors (Lipinski definition) is 1. The van der Waals surface area contributed by atoms with Crippen molar-refractivity contribution in [2.75, 3.05) is 32.7 Å². The monoisotopic (exact) mass is 335 g/mol. The van der Waals surface area contributed by atoms with E-state index in [2.05, 4.69) is 12.2 Å². The van der Waals surface area contributed by atoms with E-state index in [4.69, 9.17) is 0 Å². The van der Waals surface area contributed by atoms with E-state index >= 15 is 0 Å². The summed E-state index contributed by atoms with van der Waals surface area (Å²) in [5, 5.41) is 0. The summed E-state index contributed by atoms with van der Waals surface area (Å²) in [6, 6.07) is 7.17. The Balaban J connectivity index is 1.57. The molecule has 0 saturated carbocycles. The van der Waals surface area contributed by atoms with Crippen LogP contribution in [0, 0.1) is 12.8 Å². The largest absolute Gasteiger partial charge is 0.333 e. The third-order valence-corrected chi connectivity index (χ3v) is 6.96. The van der Waals surface area contributed by atoms with Crippen molar-refractivity contribution in [3.63, 3.8) is 0 Å². The first-order valence-electron chi connectivity index (χ1n) is 8.61. The van der Waals surface area contributed by atoms with Gasteiger partial charge in [0.05, 0.1) is 37.6 Å². The zero-order valence-electron chi connectivity index (χ0n) is 13.9. The SMILES string of the molecule is Cc1ccc(S(=O)(=O)N2CC[NH+](C[C@H]3CC=CCC3)CC2)cc1. The van der Waals surface area contributed by atoms with Crippen LogP contribution < -0.4 is 4.90 Å². The fourth-order valence-corrected chi connectivity index (χ4v) is 5.00. The van der Waals surface area contributed by atoms with Gasteiger partial charge in [-0.25, -0.2) is 8.42 Å². The molecule has 0 unspecified atom stereocenters. The average molecular weight is 335 g/mol. The van der Waals surface area contributed by atoms with Crippen molar-refractivity contribution in [2.45, 2.75) is 31.1 Å². The van der Waals surface area contributed by atoms with Gasteiger partial charge in [0.15, 0.2) is 0 Å². The van der Waals surface area contributed by atoms with Gasteiger partial charge in [0.1, 0.15) is 0 Å². The Morgan fingerprint density at radius 2 is 1.83 bits per heavy atom. The van der Waals surface area contributed by atoms with Crippen LogP contribution in [0.2, 0.25) is 0 Å². The first-order valence-corrected chi connectivity index (χ1v) is 10.0. The van der Waals surface area contributed by atoms with E-state index in [9.17, 15) is 8.42 Å². The Hall–Kier alpha value is -1.17. The number of nitrogens with zero attached hydrogens (tertiary/aromatic N) is 1. The van der Waals surface area contributed by atoms with Gasteiger partial charge in [0.25, 0.3) is 0 Å². The fourth-order valence-electron chi connectivity index (χ4n) is 3.56. The maximum atomic E-state index is 12.7. The van der Waals surface area contributed by atoms with Crippen molar-refractivity contribution in [1.29, 1.82) is 0 Å². The molecule has 1 aromatic carbocycles. The van der Waals surface area contributed by atoms with Crippen LogP contribution in [0.3, 0.4) is 0 Å². The van der Waals surface area contributed by atoms with Crippen molar-refractivity contribution < 1.29 is 13.3 Å². The number of aryl methyl sites for hydroxylation is 1. The fraction of sp³-hybridized carbons (Fsp3) is 0.556. The Bertz CT molecular complexity index is 644. The number of allylic oxidation sites excluding steroid dienone is 2. The van der Waals surface area contributed by atoms with Crippen LogP contribution in [-0.4, -0.2) is 45.4 Å². The first kappa shape index (κ1) is 16.7. The van der Waals surface area contributed by atoms with E-state index in [1.54, 1.807) is 21.3 Å². The van der Waals surface area contributed by atoms with Crippen LogP contribution in [-0.2, 0) is 10.0 Å². The highest BCUT2D eigenvalue weighted by Crippen LogP contribution is 2.18. The normalized spacial score (nSPS) is 24.0. The smallest absolute Gasteiger partial charge is 0.243 e. The minimum absolute atomic E-state index is 0.420. The summed E-state index contributed by atoms with van der Waals surface area (Å²) >= 11 is 0. The van der Waals surface area contributed by atoms with Crippen molar-refractivity contribution in [3.05, 3.63) is 42.0 Å². The van der Waals surface area contributed by atoms with E-state index < -0.39 is 10.0 Å². The number of rotatable bonds is 4. The lowest BCUT2D eigenvalue weighted by molar-refractivity contribution is -0.907. The summed E-state index contributed by atoms with van der Waals surface area (Å²) in [6.07, 6.45) is 8.25. The number of quaternary nitrogens is 1. The molecule has 1 heterocycles. The number of nitrogens with one attached hydrogen (secondary N) is 1. The van der Waals surface area contributed by atoms with Crippen LogP contribution in [0.25, 0.3) is 0 Å². The van der Waals surface area contributed by atoms with E-state index in [1.807, 2.05) is 19.1 Å². The Kier molecular flexibility index (Phi) is 5.19. The molecule has 4 nitrogen and oxygen atoms in total. The van der Waals surface area contributed by atoms with Gasteiger partial charge in [0, 0.05) is 5.92 Å². The van der Waals surface area contributed by atoms with Crippen LogP contribution in [0.4, 0.5) is 0 Å². The summed E-state index contributed by atoms with van der Waals surface area (Å²) in [6.45, 7) is 6.26. The molecular formula is C18H27N2O2S+. The first-order chi connectivity index (χ1) is 11.1. The molecule has 1 fully saturated rings. The lowest BCUT2D eigenvalue weighted by Crippen LogP contribution is -3.15. The highest BCUT2D eigenvalue weighted by atomic mass is 32.2. The summed E-state index contributed by atoms with van der Waals surface area (Å²) in [5.74, 6) is 0.773. The summed E-state index contributed by atoms with van der Waals surface area (Å²) in [4.78, 5) is 1.98. The standard InChI is InChI=1S/C18H26N2O2S/c1-16-7-9-18(10-8-16)23(21,22)20-13-11-19(12-14-20)15-17-5-3-2-4-6-17/h2-3,7-10,17H,4-6,11-15H2,1H3/p+1/t17-/m0/s1. The maximum Gasteiger partial charge on any atom is 0.243 e. The minimum atomic E-state index is -3.33. The van der Waals surface area contributed by atoms with Crippen molar-refractivity contribution in [1.82, 2.24) is 4.31 Å². The van der Waals surface area contributed by atoms with Crippen LogP contribution in [0.15, 0.2) is 41.3 Å². The molecule has 1 aliphatic carbocycles. The molecule has 1 N–H and O–H groups in total. The molecule has 0 bridgehead atoms. The molecule has 0 radical (unpaired) electrons. The van der Waals surface area contributed by atoms with Gasteiger partial charge in [-0.3, -0.25) is 0 Å². The van der Waals surface area contributed by atoms with Gasteiger partial charge in [-0.15, -0.1) is 0 Å². The number of benzene rings is 1. The molecule has 23 heavy (non-hydrogen) atoms. The average Bonchev–Trinajstić information content (AvgIpc) is 2.57. The van der Waals surface area contributed by atoms with Gasteiger partial charge >= 0.3 is 0 Å². The van der Waals surface area contributed by atoms with Gasteiger partial charge in [-0.1, -0.05) is 29.8 Å². The zero-order chi connectivity index (χ0) is 16.3. The molecule has 1 atom stereocenters. The molecule has 0 aromatic heterocycles. The number of hydrogen-bond acceptors (Lipinski definition) is 2. The third kappa shape index (κ3) is 4.03. The van der Waals surface area contributed by atoms with Crippen LogP contribution in [0.1, 0.15) is 24.8 Å². The van der Waals surface area contributed by atoms with Gasteiger partial charge in [-0.2, -0.15) is 4.31 Å². The lowest BCUT2D eigenvalue weighted by atomic mass is 9.94. The number of sulfonamides is 1. The van der Waals surface area contributed by atoms with Gasteiger partial charge in [0.2, 0.25) is 10.0 Å². The third-order valence-electron chi connectivity index (χ3n) is 5.04. The topological polar surface area (TPSA) is 41.8 Å². The van der Waals surface area contributed by atoms with Crippen molar-refractivity contribution in [2.24, 2.45) is 5.92 Å². The molecule has 1 aromatic rings. The molecule has 1 aliphatic heterocycles. The molecular weight excluding hydrogens is 308 g/mol. The molecule has 5 heteroatoms. The second kappa shape index (κ2) is 7.16. The molecule has 1 saturated heterocycles. The molecule has 0 spiro atoms. The lowest BCUT2D eigenvalue weighted by Gasteiger charge is -2.33. The molecule has 0 amide bonds. The second-order valence-electron chi connectivity index (χ2n) is 6.82. The second-order valence-corrected chi connectivity index (χ2v) is 8.76. The van der Waals surface area contributed by atoms with Crippen LogP contribution in [0.5, 0.6) is 0 Å². The van der Waals surface area contributed by atoms with E-state index in [0.717, 1.165) is 24.6 Å². The maximum absolute atomic E-state index is 12.7. The summed E-state index contributed by atoms with van der Waals surface area (Å²) < 4.78 is 27.1. The molecule has 2 aliphatic rings. The predicted molar refractivity (Wildman–Crippen MR) is 92.0 cm³/mol. The quantitative estimate of drug-likeness (QED) is 0.841. The van der Waals surface area contributed by atoms with Gasteiger partial charge in [-0.05, 0) is 38.3 Å². The Morgan fingerprint density at radius 3 is 2.43 bits per heavy atom. The van der Waals surface area contributed by atoms with Crippen molar-refractivity contribution in [3.8, 4) is 0 Å². The predicted octanol–water partition coefficient (Wildman–Crippen LogP) is 1.24. The zero-order valence-corrected chi connectivity index (χ0v) is 14.7. The van der Waals surface area contributed by atoms with E-state index in [1.165, 1.54) is 25.8 Å². The van der Waals surface area contributed by atoms with E-state index in [0.29, 0.717) is 18.0 Å². The minimum Gasteiger partial charge on any atom is -0.333 e. The highest BCUT2D eigenvalue weighted by Gasteiger charge is 2.31. The van der Waals surface area contributed by atoms with Crippen LogP contribution >= 0.6 is 0 Å². The van der Waals surface area contributed by atoms with E-state index in [-0.39, 0.29) is 0 Å². The van der Waals surface area contributed by atoms with Gasteiger partial charge < -0.3 is 4.90 Å².